The van der Waals surface area contributed by atoms with E-state index < -0.39 is 0 Å². The van der Waals surface area contributed by atoms with E-state index in [1.54, 1.807) is 24.4 Å². The zero-order valence-electron chi connectivity index (χ0n) is 10.5. The number of nitrogens with zero attached hydrogens (tertiary/aromatic N) is 3. The quantitative estimate of drug-likeness (QED) is 0.781. The Morgan fingerprint density at radius 1 is 1.26 bits per heavy atom. The molecular formula is C14H13FN4. The largest absolute Gasteiger partial charge is 0.313 e. The maximum atomic E-state index is 13.9. The van der Waals surface area contributed by atoms with Gasteiger partial charge in [0.1, 0.15) is 17.3 Å². The van der Waals surface area contributed by atoms with Crippen LogP contribution in [0.25, 0.3) is 16.9 Å². The van der Waals surface area contributed by atoms with Crippen LogP contribution in [0.1, 0.15) is 5.82 Å². The topological polar surface area (TPSA) is 42.2 Å². The predicted octanol–water partition coefficient (Wildman–Crippen LogP) is 2.25. The minimum absolute atomic E-state index is 0.288. The molecule has 2 heterocycles. The van der Waals surface area contributed by atoms with Crippen molar-refractivity contribution in [3.05, 3.63) is 54.4 Å². The van der Waals surface area contributed by atoms with Crippen molar-refractivity contribution in [1.82, 2.24) is 19.7 Å². The molecule has 0 amide bonds. The van der Waals surface area contributed by atoms with Crippen molar-refractivity contribution in [3.8, 4) is 11.3 Å². The van der Waals surface area contributed by atoms with E-state index >= 15 is 0 Å². The van der Waals surface area contributed by atoms with E-state index in [9.17, 15) is 4.39 Å². The summed E-state index contributed by atoms with van der Waals surface area (Å²) in [7, 11) is 1.85. The summed E-state index contributed by atoms with van der Waals surface area (Å²) < 4.78 is 15.8. The second kappa shape index (κ2) is 4.78. The van der Waals surface area contributed by atoms with Gasteiger partial charge < -0.3 is 5.32 Å². The van der Waals surface area contributed by atoms with Crippen LogP contribution in [0.3, 0.4) is 0 Å². The first-order chi connectivity index (χ1) is 9.31. The average Bonchev–Trinajstić information content (AvgIpc) is 2.79. The second-order valence-corrected chi connectivity index (χ2v) is 4.20. The molecular weight excluding hydrogens is 243 g/mol. The molecule has 0 unspecified atom stereocenters. The molecule has 0 atom stereocenters. The fraction of sp³-hybridized carbons (Fsp3) is 0.143. The summed E-state index contributed by atoms with van der Waals surface area (Å²) in [4.78, 5) is 8.82. The number of fused-ring (bicyclic) bond motifs is 1. The SMILES string of the molecule is CNCc1nc(-c2ccccc2F)c2ncccn12. The minimum Gasteiger partial charge on any atom is -0.313 e. The highest BCUT2D eigenvalue weighted by molar-refractivity contribution is 5.74. The molecule has 19 heavy (non-hydrogen) atoms. The molecule has 0 aliphatic carbocycles. The Bertz CT molecular complexity index is 720. The Morgan fingerprint density at radius 3 is 2.89 bits per heavy atom. The third-order valence-electron chi connectivity index (χ3n) is 2.94. The number of hydrogen-bond donors (Lipinski definition) is 1. The van der Waals surface area contributed by atoms with Crippen molar-refractivity contribution in [1.29, 1.82) is 0 Å². The van der Waals surface area contributed by atoms with E-state index in [0.717, 1.165) is 5.82 Å². The maximum absolute atomic E-state index is 13.9. The summed E-state index contributed by atoms with van der Waals surface area (Å²) in [6.45, 7) is 0.599. The molecule has 3 rings (SSSR count). The molecule has 0 aliphatic rings. The molecule has 2 aromatic heterocycles. The van der Waals surface area contributed by atoms with Gasteiger partial charge in [0.15, 0.2) is 5.65 Å². The summed E-state index contributed by atoms with van der Waals surface area (Å²) in [5.41, 5.74) is 1.71. The summed E-state index contributed by atoms with van der Waals surface area (Å²) in [6, 6.07) is 8.44. The Kier molecular flexibility index (Phi) is 2.97. The Labute approximate surface area is 109 Å². The highest BCUT2D eigenvalue weighted by atomic mass is 19.1. The van der Waals surface area contributed by atoms with Gasteiger partial charge in [0.05, 0.1) is 6.54 Å². The molecule has 0 fully saturated rings. The van der Waals surface area contributed by atoms with Crippen molar-refractivity contribution in [2.45, 2.75) is 6.54 Å². The van der Waals surface area contributed by atoms with E-state index in [-0.39, 0.29) is 5.82 Å². The Hall–Kier alpha value is -2.27. The lowest BCUT2D eigenvalue weighted by atomic mass is 10.1. The van der Waals surface area contributed by atoms with Crippen LogP contribution in [0.5, 0.6) is 0 Å². The van der Waals surface area contributed by atoms with Gasteiger partial charge in [-0.2, -0.15) is 0 Å². The van der Waals surface area contributed by atoms with E-state index in [1.807, 2.05) is 23.7 Å². The van der Waals surface area contributed by atoms with E-state index in [4.69, 9.17) is 0 Å². The van der Waals surface area contributed by atoms with Crippen LogP contribution in [-0.4, -0.2) is 21.4 Å². The molecule has 4 nitrogen and oxygen atoms in total. The number of rotatable bonds is 3. The van der Waals surface area contributed by atoms with Crippen LogP contribution < -0.4 is 5.32 Å². The van der Waals surface area contributed by atoms with Crippen LogP contribution in [0, 0.1) is 5.82 Å². The molecule has 0 radical (unpaired) electrons. The van der Waals surface area contributed by atoms with Gasteiger partial charge >= 0.3 is 0 Å². The van der Waals surface area contributed by atoms with E-state index in [0.29, 0.717) is 23.4 Å². The van der Waals surface area contributed by atoms with Gasteiger partial charge in [0, 0.05) is 18.0 Å². The van der Waals surface area contributed by atoms with Crippen molar-refractivity contribution in [3.63, 3.8) is 0 Å². The van der Waals surface area contributed by atoms with Gasteiger partial charge in [-0.1, -0.05) is 12.1 Å². The zero-order valence-corrected chi connectivity index (χ0v) is 10.5. The monoisotopic (exact) mass is 256 g/mol. The van der Waals surface area contributed by atoms with Gasteiger partial charge in [-0.15, -0.1) is 0 Å². The molecule has 0 saturated carbocycles. The molecule has 96 valence electrons. The lowest BCUT2D eigenvalue weighted by molar-refractivity contribution is 0.631. The first kappa shape index (κ1) is 11.8. The number of halogens is 1. The van der Waals surface area contributed by atoms with Gasteiger partial charge in [0.2, 0.25) is 0 Å². The fourth-order valence-electron chi connectivity index (χ4n) is 2.10. The second-order valence-electron chi connectivity index (χ2n) is 4.20. The van der Waals surface area contributed by atoms with Gasteiger partial charge in [-0.25, -0.2) is 14.4 Å². The minimum atomic E-state index is -0.288. The van der Waals surface area contributed by atoms with Crippen molar-refractivity contribution < 1.29 is 4.39 Å². The van der Waals surface area contributed by atoms with Crippen LogP contribution in [-0.2, 0) is 6.54 Å². The van der Waals surface area contributed by atoms with Crippen LogP contribution in [0.4, 0.5) is 4.39 Å². The number of imidazole rings is 1. The number of hydrogen-bond acceptors (Lipinski definition) is 3. The van der Waals surface area contributed by atoms with Crippen LogP contribution in [0.2, 0.25) is 0 Å². The lowest BCUT2D eigenvalue weighted by Gasteiger charge is -1.99. The molecule has 0 spiro atoms. The number of nitrogens with one attached hydrogen (secondary N) is 1. The highest BCUT2D eigenvalue weighted by Gasteiger charge is 2.15. The smallest absolute Gasteiger partial charge is 0.164 e. The van der Waals surface area contributed by atoms with Gasteiger partial charge in [-0.3, -0.25) is 4.40 Å². The van der Waals surface area contributed by atoms with Crippen molar-refractivity contribution >= 4 is 5.65 Å². The molecule has 1 aromatic carbocycles. The summed E-state index contributed by atoms with van der Waals surface area (Å²) >= 11 is 0. The molecule has 1 N–H and O–H groups in total. The third-order valence-corrected chi connectivity index (χ3v) is 2.94. The number of benzene rings is 1. The standard InChI is InChI=1S/C14H13FN4/c1-16-9-12-18-13(10-5-2-3-6-11(10)15)14-17-7-4-8-19(12)14/h2-8,16H,9H2,1H3. The normalized spacial score (nSPS) is 11.1. The van der Waals surface area contributed by atoms with E-state index in [1.165, 1.54) is 6.07 Å². The Balaban J connectivity index is 2.27. The highest BCUT2D eigenvalue weighted by Crippen LogP contribution is 2.25. The first-order valence-corrected chi connectivity index (χ1v) is 6.02. The molecule has 5 heteroatoms. The van der Waals surface area contributed by atoms with Crippen LogP contribution >= 0.6 is 0 Å². The number of aromatic nitrogens is 3. The van der Waals surface area contributed by atoms with E-state index in [2.05, 4.69) is 15.3 Å². The average molecular weight is 256 g/mol. The van der Waals surface area contributed by atoms with Gasteiger partial charge in [0.25, 0.3) is 0 Å². The molecule has 3 aromatic rings. The molecule has 0 bridgehead atoms. The fourth-order valence-corrected chi connectivity index (χ4v) is 2.10. The summed E-state index contributed by atoms with van der Waals surface area (Å²) in [5.74, 6) is 0.521. The van der Waals surface area contributed by atoms with Crippen molar-refractivity contribution in [2.24, 2.45) is 0 Å². The Morgan fingerprint density at radius 2 is 2.11 bits per heavy atom. The maximum Gasteiger partial charge on any atom is 0.164 e. The first-order valence-electron chi connectivity index (χ1n) is 6.02. The third kappa shape index (κ3) is 1.98. The summed E-state index contributed by atoms with van der Waals surface area (Å²) in [5, 5.41) is 3.05. The van der Waals surface area contributed by atoms with Gasteiger partial charge in [-0.05, 0) is 25.2 Å². The predicted molar refractivity (Wildman–Crippen MR) is 71.1 cm³/mol. The molecule has 0 aliphatic heterocycles. The zero-order chi connectivity index (χ0) is 13.2. The molecule has 0 saturated heterocycles. The van der Waals surface area contributed by atoms with Crippen molar-refractivity contribution in [2.75, 3.05) is 7.05 Å². The summed E-state index contributed by atoms with van der Waals surface area (Å²) in [6.07, 6.45) is 3.57. The lowest BCUT2D eigenvalue weighted by Crippen LogP contribution is -2.08. The van der Waals surface area contributed by atoms with Crippen LogP contribution in [0.15, 0.2) is 42.7 Å².